The van der Waals surface area contributed by atoms with E-state index < -0.39 is 0 Å². The van der Waals surface area contributed by atoms with Crippen LogP contribution in [-0.4, -0.2) is 12.3 Å². The van der Waals surface area contributed by atoms with Crippen LogP contribution in [0.15, 0.2) is 59.7 Å². The van der Waals surface area contributed by atoms with E-state index in [0.717, 1.165) is 13.0 Å². The average molecular weight is 234 g/mol. The topological polar surface area (TPSA) is 15.6 Å². The van der Waals surface area contributed by atoms with Gasteiger partial charge in [0.15, 0.2) is 0 Å². The first-order valence-corrected chi connectivity index (χ1v) is 6.41. The second kappa shape index (κ2) is 3.70. The molecule has 1 unspecified atom stereocenters. The lowest BCUT2D eigenvalue weighted by atomic mass is 10.1. The Labute approximate surface area is 107 Å². The lowest BCUT2D eigenvalue weighted by Crippen LogP contribution is -2.18. The highest BCUT2D eigenvalue weighted by molar-refractivity contribution is 6.08. The van der Waals surface area contributed by atoms with Gasteiger partial charge in [-0.1, -0.05) is 42.5 Å². The molecule has 1 aliphatic heterocycles. The molecule has 2 nitrogen and oxygen atoms in total. The summed E-state index contributed by atoms with van der Waals surface area (Å²) in [5, 5.41) is 6.95. The van der Waals surface area contributed by atoms with E-state index in [9.17, 15) is 0 Å². The Bertz CT molecular complexity index is 616. The fourth-order valence-corrected chi connectivity index (χ4v) is 2.96. The Morgan fingerprint density at radius 1 is 0.944 bits per heavy atom. The van der Waals surface area contributed by atoms with E-state index in [1.807, 2.05) is 6.07 Å². The molecule has 88 valence electrons. The van der Waals surface area contributed by atoms with E-state index in [4.69, 9.17) is 5.10 Å². The average Bonchev–Trinajstić information content (AvgIpc) is 2.97. The minimum atomic E-state index is 0.572. The zero-order valence-electron chi connectivity index (χ0n) is 10.1. The van der Waals surface area contributed by atoms with Gasteiger partial charge in [-0.25, -0.2) is 0 Å². The van der Waals surface area contributed by atoms with Gasteiger partial charge < -0.3 is 0 Å². The van der Waals surface area contributed by atoms with Gasteiger partial charge in [-0.05, 0) is 24.1 Å². The highest BCUT2D eigenvalue weighted by Gasteiger charge is 2.34. The van der Waals surface area contributed by atoms with Gasteiger partial charge in [-0.15, -0.1) is 0 Å². The van der Waals surface area contributed by atoms with Crippen LogP contribution in [0.2, 0.25) is 0 Å². The smallest absolute Gasteiger partial charge is 0.0737 e. The summed E-state index contributed by atoms with van der Waals surface area (Å²) in [6.07, 6.45) is 1.14. The van der Waals surface area contributed by atoms with Crippen LogP contribution in [-0.2, 0) is 6.42 Å². The summed E-state index contributed by atoms with van der Waals surface area (Å²) in [6, 6.07) is 19.1. The first-order valence-electron chi connectivity index (χ1n) is 6.41. The molecule has 1 aliphatic carbocycles. The summed E-state index contributed by atoms with van der Waals surface area (Å²) >= 11 is 0. The summed E-state index contributed by atoms with van der Waals surface area (Å²) in [6.45, 7) is 1.01. The van der Waals surface area contributed by atoms with Gasteiger partial charge in [-0.2, -0.15) is 5.10 Å². The molecule has 0 saturated carbocycles. The van der Waals surface area contributed by atoms with Crippen LogP contribution in [0.3, 0.4) is 0 Å². The molecular formula is C16H14N2. The molecule has 0 radical (unpaired) electrons. The first-order chi connectivity index (χ1) is 8.92. The molecule has 2 aliphatic rings. The molecule has 18 heavy (non-hydrogen) atoms. The number of para-hydroxylation sites is 1. The number of hydrogen-bond acceptors (Lipinski definition) is 2. The number of hydrogen-bond donors (Lipinski definition) is 0. The second-order valence-electron chi connectivity index (χ2n) is 4.96. The standard InChI is InChI=1S/C16H14N2/c1-2-7-14(8-3-1)18-11-13-10-12-6-4-5-9-15(12)16(13)17-18/h1-9,13H,10-11H2. The maximum atomic E-state index is 4.81. The largest absolute Gasteiger partial charge is 0.265 e. The van der Waals surface area contributed by atoms with Crippen LogP contribution in [0.1, 0.15) is 11.1 Å². The molecular weight excluding hydrogens is 220 g/mol. The lowest BCUT2D eigenvalue weighted by molar-refractivity contribution is 0.719. The number of rotatable bonds is 1. The molecule has 0 amide bonds. The summed E-state index contributed by atoms with van der Waals surface area (Å²) < 4.78 is 0. The van der Waals surface area contributed by atoms with E-state index in [0.29, 0.717) is 5.92 Å². The van der Waals surface area contributed by atoms with Crippen molar-refractivity contribution in [3.05, 3.63) is 65.7 Å². The summed E-state index contributed by atoms with van der Waals surface area (Å²) in [5.41, 5.74) is 5.27. The van der Waals surface area contributed by atoms with Gasteiger partial charge in [0.05, 0.1) is 17.9 Å². The van der Waals surface area contributed by atoms with Crippen molar-refractivity contribution >= 4 is 11.4 Å². The molecule has 1 heterocycles. The predicted octanol–water partition coefficient (Wildman–Crippen LogP) is 3.08. The number of anilines is 1. The maximum Gasteiger partial charge on any atom is 0.0737 e. The van der Waals surface area contributed by atoms with Crippen LogP contribution in [0, 0.1) is 5.92 Å². The second-order valence-corrected chi connectivity index (χ2v) is 4.96. The molecule has 0 spiro atoms. The summed E-state index contributed by atoms with van der Waals surface area (Å²) in [4.78, 5) is 0. The number of benzene rings is 2. The highest BCUT2D eigenvalue weighted by Crippen LogP contribution is 2.34. The monoisotopic (exact) mass is 234 g/mol. The van der Waals surface area contributed by atoms with Crippen LogP contribution in [0.5, 0.6) is 0 Å². The first kappa shape index (κ1) is 9.89. The van der Waals surface area contributed by atoms with Gasteiger partial charge >= 0.3 is 0 Å². The number of nitrogens with zero attached hydrogens (tertiary/aromatic N) is 2. The molecule has 0 N–H and O–H groups in total. The third-order valence-corrected chi connectivity index (χ3v) is 3.82. The van der Waals surface area contributed by atoms with Gasteiger partial charge in [0.2, 0.25) is 0 Å². The quantitative estimate of drug-likeness (QED) is 0.740. The van der Waals surface area contributed by atoms with Crippen molar-refractivity contribution in [3.63, 3.8) is 0 Å². The Balaban J connectivity index is 1.74. The minimum absolute atomic E-state index is 0.572. The summed E-state index contributed by atoms with van der Waals surface area (Å²) in [5.74, 6) is 0.572. The zero-order valence-corrected chi connectivity index (χ0v) is 10.1. The van der Waals surface area contributed by atoms with Gasteiger partial charge in [-0.3, -0.25) is 5.01 Å². The van der Waals surface area contributed by atoms with Gasteiger partial charge in [0.25, 0.3) is 0 Å². The fraction of sp³-hybridized carbons (Fsp3) is 0.188. The van der Waals surface area contributed by atoms with Crippen molar-refractivity contribution in [2.75, 3.05) is 11.6 Å². The maximum absolute atomic E-state index is 4.81. The third-order valence-electron chi connectivity index (χ3n) is 3.82. The zero-order chi connectivity index (χ0) is 11.9. The molecule has 2 aromatic carbocycles. The molecule has 0 saturated heterocycles. The molecule has 0 bridgehead atoms. The van der Waals surface area contributed by atoms with Crippen molar-refractivity contribution in [3.8, 4) is 0 Å². The van der Waals surface area contributed by atoms with Crippen molar-refractivity contribution in [2.45, 2.75) is 6.42 Å². The van der Waals surface area contributed by atoms with E-state index in [1.54, 1.807) is 0 Å². The Morgan fingerprint density at radius 2 is 1.72 bits per heavy atom. The highest BCUT2D eigenvalue weighted by atomic mass is 15.5. The van der Waals surface area contributed by atoms with Crippen molar-refractivity contribution < 1.29 is 0 Å². The fourth-order valence-electron chi connectivity index (χ4n) is 2.96. The molecule has 0 fully saturated rings. The van der Waals surface area contributed by atoms with Crippen LogP contribution in [0.25, 0.3) is 0 Å². The molecule has 2 heteroatoms. The Hall–Kier alpha value is -2.09. The van der Waals surface area contributed by atoms with E-state index in [2.05, 4.69) is 53.5 Å². The summed E-state index contributed by atoms with van der Waals surface area (Å²) in [7, 11) is 0. The van der Waals surface area contributed by atoms with E-state index in [-0.39, 0.29) is 0 Å². The van der Waals surface area contributed by atoms with Crippen LogP contribution >= 0.6 is 0 Å². The predicted molar refractivity (Wildman–Crippen MR) is 74.0 cm³/mol. The molecule has 4 rings (SSSR count). The molecule has 0 aromatic heterocycles. The number of fused-ring (bicyclic) bond motifs is 3. The Kier molecular flexibility index (Phi) is 2.04. The van der Waals surface area contributed by atoms with Crippen molar-refractivity contribution in [2.24, 2.45) is 11.0 Å². The minimum Gasteiger partial charge on any atom is -0.265 e. The van der Waals surface area contributed by atoms with Gasteiger partial charge in [0, 0.05) is 11.5 Å². The van der Waals surface area contributed by atoms with Crippen molar-refractivity contribution in [1.82, 2.24) is 0 Å². The third kappa shape index (κ3) is 1.39. The Morgan fingerprint density at radius 3 is 2.61 bits per heavy atom. The van der Waals surface area contributed by atoms with E-state index in [1.165, 1.54) is 22.5 Å². The molecule has 1 atom stereocenters. The molecule has 2 aromatic rings. The van der Waals surface area contributed by atoms with Gasteiger partial charge in [0.1, 0.15) is 0 Å². The van der Waals surface area contributed by atoms with Crippen LogP contribution < -0.4 is 5.01 Å². The number of hydrazone groups is 1. The normalized spacial score (nSPS) is 20.6. The SMILES string of the molecule is c1ccc(N2CC3Cc4ccccc4C3=N2)cc1. The van der Waals surface area contributed by atoms with Crippen molar-refractivity contribution in [1.29, 1.82) is 0 Å². The van der Waals surface area contributed by atoms with E-state index >= 15 is 0 Å². The van der Waals surface area contributed by atoms with Crippen LogP contribution in [0.4, 0.5) is 5.69 Å². The lowest BCUT2D eigenvalue weighted by Gasteiger charge is -2.15.